The number of carbonyl (C=O) groups is 1. The Hall–Kier alpha value is -0.570. The van der Waals surface area contributed by atoms with E-state index < -0.39 is 0 Å². The molecule has 0 spiro atoms. The molecule has 0 rings (SSSR count). The molecule has 0 heterocycles. The molecule has 0 aliphatic heterocycles. The Bertz CT molecular complexity index is 112. The number of carbonyl (C=O) groups excluding carboxylic acids is 1. The Labute approximate surface area is 62.2 Å². The fraction of sp³-hybridized carbons (Fsp3) is 0.857. The molecule has 0 atom stereocenters. The molecule has 10 heavy (non-hydrogen) atoms. The van der Waals surface area contributed by atoms with Crippen molar-refractivity contribution in [3.63, 3.8) is 0 Å². The first-order valence-electron chi connectivity index (χ1n) is 3.63. The van der Waals surface area contributed by atoms with Crippen molar-refractivity contribution in [1.29, 1.82) is 0 Å². The molecule has 0 radical (unpaired) electrons. The van der Waals surface area contributed by atoms with Gasteiger partial charge in [0, 0.05) is 13.0 Å². The minimum atomic E-state index is 0.0255. The maximum atomic E-state index is 11.0. The van der Waals surface area contributed by atoms with Crippen LogP contribution in [0.15, 0.2) is 0 Å². The molecule has 1 amide bonds. The van der Waals surface area contributed by atoms with Crippen LogP contribution in [0.25, 0.3) is 0 Å². The normalized spacial score (nSPS) is 10.1. The molecular weight excluding hydrogens is 128 g/mol. The van der Waals surface area contributed by atoms with Crippen molar-refractivity contribution in [1.82, 2.24) is 5.01 Å². The van der Waals surface area contributed by atoms with Crippen molar-refractivity contribution in [2.24, 2.45) is 11.8 Å². The lowest BCUT2D eigenvalue weighted by molar-refractivity contribution is -0.132. The summed E-state index contributed by atoms with van der Waals surface area (Å²) in [7, 11) is 0. The Balaban J connectivity index is 3.62. The van der Waals surface area contributed by atoms with Gasteiger partial charge in [-0.15, -0.1) is 0 Å². The van der Waals surface area contributed by atoms with Crippen LogP contribution in [-0.4, -0.2) is 17.5 Å². The zero-order chi connectivity index (χ0) is 8.15. The van der Waals surface area contributed by atoms with Crippen LogP contribution in [0.3, 0.4) is 0 Å². The van der Waals surface area contributed by atoms with Crippen LogP contribution in [0.2, 0.25) is 0 Å². The molecular formula is C7H16N2O. The summed E-state index contributed by atoms with van der Waals surface area (Å²) in [6, 6.07) is 0. The van der Waals surface area contributed by atoms with Crippen molar-refractivity contribution in [3.05, 3.63) is 0 Å². The molecule has 0 bridgehead atoms. The maximum Gasteiger partial charge on any atom is 0.236 e. The molecule has 0 aliphatic carbocycles. The standard InChI is InChI=1S/C7H16N2O/c1-4-9(8)7(10)5-6(2)3/h6H,4-5,8H2,1-3H3. The van der Waals surface area contributed by atoms with E-state index in [1.807, 2.05) is 20.8 Å². The molecule has 0 aromatic rings. The third kappa shape index (κ3) is 3.45. The van der Waals surface area contributed by atoms with E-state index in [0.29, 0.717) is 18.9 Å². The van der Waals surface area contributed by atoms with Gasteiger partial charge < -0.3 is 0 Å². The summed E-state index contributed by atoms with van der Waals surface area (Å²) in [6.07, 6.45) is 0.546. The fourth-order valence-electron chi connectivity index (χ4n) is 0.643. The Morgan fingerprint density at radius 2 is 2.10 bits per heavy atom. The lowest BCUT2D eigenvalue weighted by Crippen LogP contribution is -2.37. The maximum absolute atomic E-state index is 11.0. The summed E-state index contributed by atoms with van der Waals surface area (Å²) in [5.41, 5.74) is 0. The molecule has 0 aromatic heterocycles. The van der Waals surface area contributed by atoms with Crippen molar-refractivity contribution in [3.8, 4) is 0 Å². The van der Waals surface area contributed by atoms with E-state index in [0.717, 1.165) is 0 Å². The lowest BCUT2D eigenvalue weighted by atomic mass is 10.1. The van der Waals surface area contributed by atoms with Crippen molar-refractivity contribution < 1.29 is 4.79 Å². The summed E-state index contributed by atoms with van der Waals surface area (Å²) < 4.78 is 0. The van der Waals surface area contributed by atoms with Gasteiger partial charge in [0.2, 0.25) is 5.91 Å². The number of nitrogens with zero attached hydrogens (tertiary/aromatic N) is 1. The quantitative estimate of drug-likeness (QED) is 0.361. The van der Waals surface area contributed by atoms with E-state index >= 15 is 0 Å². The van der Waals surface area contributed by atoms with Gasteiger partial charge in [-0.05, 0) is 12.8 Å². The molecule has 60 valence electrons. The average molecular weight is 144 g/mol. The second kappa shape index (κ2) is 4.28. The molecule has 0 unspecified atom stereocenters. The van der Waals surface area contributed by atoms with Crippen molar-refractivity contribution in [2.45, 2.75) is 27.2 Å². The highest BCUT2D eigenvalue weighted by Gasteiger charge is 2.08. The first kappa shape index (κ1) is 9.43. The van der Waals surface area contributed by atoms with E-state index in [-0.39, 0.29) is 5.91 Å². The van der Waals surface area contributed by atoms with Crippen LogP contribution >= 0.6 is 0 Å². The van der Waals surface area contributed by atoms with E-state index in [9.17, 15) is 4.79 Å². The first-order valence-corrected chi connectivity index (χ1v) is 3.63. The van der Waals surface area contributed by atoms with Gasteiger partial charge in [-0.1, -0.05) is 13.8 Å². The van der Waals surface area contributed by atoms with Crippen LogP contribution in [0.4, 0.5) is 0 Å². The largest absolute Gasteiger partial charge is 0.281 e. The predicted octanol–water partition coefficient (Wildman–Crippen LogP) is 0.755. The third-order valence-electron chi connectivity index (χ3n) is 1.24. The third-order valence-corrected chi connectivity index (χ3v) is 1.24. The van der Waals surface area contributed by atoms with E-state index in [1.54, 1.807) is 0 Å². The predicted molar refractivity (Wildman–Crippen MR) is 41.0 cm³/mol. The van der Waals surface area contributed by atoms with Crippen molar-refractivity contribution in [2.75, 3.05) is 6.54 Å². The van der Waals surface area contributed by atoms with Crippen LogP contribution in [0.5, 0.6) is 0 Å². The number of hydrogen-bond acceptors (Lipinski definition) is 2. The van der Waals surface area contributed by atoms with E-state index in [2.05, 4.69) is 0 Å². The van der Waals surface area contributed by atoms with Crippen molar-refractivity contribution >= 4 is 5.91 Å². The van der Waals surface area contributed by atoms with E-state index in [1.165, 1.54) is 5.01 Å². The zero-order valence-corrected chi connectivity index (χ0v) is 6.92. The molecule has 0 saturated heterocycles. The van der Waals surface area contributed by atoms with Gasteiger partial charge in [-0.25, -0.2) is 5.84 Å². The van der Waals surface area contributed by atoms with Gasteiger partial charge >= 0.3 is 0 Å². The smallest absolute Gasteiger partial charge is 0.236 e. The van der Waals surface area contributed by atoms with Gasteiger partial charge in [-0.2, -0.15) is 0 Å². The molecule has 0 fully saturated rings. The summed E-state index contributed by atoms with van der Waals surface area (Å²) in [5, 5.41) is 1.25. The van der Waals surface area contributed by atoms with Gasteiger partial charge in [-0.3, -0.25) is 9.80 Å². The van der Waals surface area contributed by atoms with Gasteiger partial charge in [0.25, 0.3) is 0 Å². The molecule has 0 aliphatic rings. The minimum absolute atomic E-state index is 0.0255. The number of nitrogens with two attached hydrogens (primary N) is 1. The van der Waals surface area contributed by atoms with Crippen LogP contribution in [0, 0.1) is 5.92 Å². The highest BCUT2D eigenvalue weighted by atomic mass is 16.2. The van der Waals surface area contributed by atoms with Crippen LogP contribution < -0.4 is 5.84 Å². The topological polar surface area (TPSA) is 46.3 Å². The van der Waals surface area contributed by atoms with Crippen LogP contribution in [0.1, 0.15) is 27.2 Å². The van der Waals surface area contributed by atoms with Gasteiger partial charge in [0.05, 0.1) is 0 Å². The summed E-state index contributed by atoms with van der Waals surface area (Å²) in [5.74, 6) is 5.77. The molecule has 3 heteroatoms. The fourth-order valence-corrected chi connectivity index (χ4v) is 0.643. The Kier molecular flexibility index (Phi) is 4.03. The zero-order valence-electron chi connectivity index (χ0n) is 6.92. The van der Waals surface area contributed by atoms with Crippen LogP contribution in [-0.2, 0) is 4.79 Å². The number of amides is 1. The number of hydrazine groups is 1. The summed E-state index contributed by atoms with van der Waals surface area (Å²) in [4.78, 5) is 11.0. The Morgan fingerprint density at radius 1 is 1.60 bits per heavy atom. The molecule has 0 aromatic carbocycles. The highest BCUT2D eigenvalue weighted by molar-refractivity contribution is 5.75. The monoisotopic (exact) mass is 144 g/mol. The SMILES string of the molecule is CCN(N)C(=O)CC(C)C. The summed E-state index contributed by atoms with van der Waals surface area (Å²) >= 11 is 0. The minimum Gasteiger partial charge on any atom is -0.281 e. The first-order chi connectivity index (χ1) is 4.57. The van der Waals surface area contributed by atoms with Gasteiger partial charge in [0.1, 0.15) is 0 Å². The number of rotatable bonds is 3. The molecule has 3 nitrogen and oxygen atoms in total. The molecule has 2 N–H and O–H groups in total. The Morgan fingerprint density at radius 3 is 2.40 bits per heavy atom. The highest BCUT2D eigenvalue weighted by Crippen LogP contribution is 2.00. The summed E-state index contributed by atoms with van der Waals surface area (Å²) in [6.45, 7) is 6.45. The average Bonchev–Trinajstić information content (AvgIpc) is 1.85. The van der Waals surface area contributed by atoms with Gasteiger partial charge in [0.15, 0.2) is 0 Å². The van der Waals surface area contributed by atoms with E-state index in [4.69, 9.17) is 5.84 Å². The lowest BCUT2D eigenvalue weighted by Gasteiger charge is -2.14. The second-order valence-electron chi connectivity index (χ2n) is 2.78. The molecule has 0 saturated carbocycles. The number of hydrogen-bond donors (Lipinski definition) is 1. The second-order valence-corrected chi connectivity index (χ2v) is 2.78.